The molecule has 1 saturated carbocycles. The van der Waals surface area contributed by atoms with Crippen LogP contribution in [0.3, 0.4) is 0 Å². The quantitative estimate of drug-likeness (QED) is 0.717. The molecule has 0 unspecified atom stereocenters. The number of hydrogen-bond donors (Lipinski definition) is 0. The molecule has 1 aliphatic carbocycles. The number of ketones is 1. The molecule has 0 bridgehead atoms. The van der Waals surface area contributed by atoms with Crippen LogP contribution >= 0.6 is 11.3 Å². The second kappa shape index (κ2) is 6.50. The molecule has 0 radical (unpaired) electrons. The number of rotatable bonds is 7. The summed E-state index contributed by atoms with van der Waals surface area (Å²) >= 11 is 1.69. The Labute approximate surface area is 128 Å². The van der Waals surface area contributed by atoms with E-state index in [0.29, 0.717) is 19.0 Å². The van der Waals surface area contributed by atoms with Crippen LogP contribution in [0.1, 0.15) is 35.2 Å². The largest absolute Gasteiger partial charge is 0.296 e. The number of halogens is 1. The summed E-state index contributed by atoms with van der Waals surface area (Å²) in [6.45, 7) is 1.59. The zero-order valence-electron chi connectivity index (χ0n) is 11.8. The molecule has 0 aliphatic heterocycles. The standard InChI is InChI=1S/C17H18FNOS/c18-16-4-2-1-3-15(16)17(20)7-9-19(14-5-6-14)11-13-8-10-21-12-13/h1-4,8,10,12,14H,5-7,9,11H2. The van der Waals surface area contributed by atoms with Gasteiger partial charge in [-0.15, -0.1) is 0 Å². The molecule has 1 aliphatic rings. The van der Waals surface area contributed by atoms with Crippen molar-refractivity contribution in [2.75, 3.05) is 6.54 Å². The molecule has 1 heterocycles. The molecule has 2 nitrogen and oxygen atoms in total. The van der Waals surface area contributed by atoms with Crippen LogP contribution < -0.4 is 0 Å². The van der Waals surface area contributed by atoms with Gasteiger partial charge >= 0.3 is 0 Å². The summed E-state index contributed by atoms with van der Waals surface area (Å²) in [6.07, 6.45) is 2.79. The van der Waals surface area contributed by atoms with E-state index in [0.717, 1.165) is 6.54 Å². The first-order valence-electron chi connectivity index (χ1n) is 7.27. The number of carbonyl (C=O) groups excluding carboxylic acids is 1. The molecule has 4 heteroatoms. The highest BCUT2D eigenvalue weighted by molar-refractivity contribution is 7.07. The van der Waals surface area contributed by atoms with Gasteiger partial charge in [-0.05, 0) is 47.4 Å². The fourth-order valence-corrected chi connectivity index (χ4v) is 3.17. The number of benzene rings is 1. The zero-order valence-corrected chi connectivity index (χ0v) is 12.6. The Morgan fingerprint density at radius 3 is 2.76 bits per heavy atom. The van der Waals surface area contributed by atoms with E-state index in [1.807, 2.05) is 0 Å². The van der Waals surface area contributed by atoms with Crippen molar-refractivity contribution in [1.29, 1.82) is 0 Å². The monoisotopic (exact) mass is 303 g/mol. The summed E-state index contributed by atoms with van der Waals surface area (Å²) in [5, 5.41) is 4.22. The van der Waals surface area contributed by atoms with E-state index in [2.05, 4.69) is 21.7 Å². The Morgan fingerprint density at radius 2 is 2.10 bits per heavy atom. The van der Waals surface area contributed by atoms with Crippen LogP contribution in [0, 0.1) is 5.82 Å². The van der Waals surface area contributed by atoms with Crippen molar-refractivity contribution in [3.8, 4) is 0 Å². The Balaban J connectivity index is 1.59. The second-order valence-electron chi connectivity index (χ2n) is 5.49. The normalized spacial score (nSPS) is 14.6. The molecule has 0 spiro atoms. The van der Waals surface area contributed by atoms with Gasteiger partial charge < -0.3 is 0 Å². The molecule has 0 N–H and O–H groups in total. The summed E-state index contributed by atoms with van der Waals surface area (Å²) < 4.78 is 13.6. The molecule has 1 fully saturated rings. The number of nitrogens with zero attached hydrogens (tertiary/aromatic N) is 1. The fourth-order valence-electron chi connectivity index (χ4n) is 2.51. The SMILES string of the molecule is O=C(CCN(Cc1ccsc1)C1CC1)c1ccccc1F. The summed E-state index contributed by atoms with van der Waals surface area (Å²) in [7, 11) is 0. The highest BCUT2D eigenvalue weighted by Gasteiger charge is 2.29. The maximum absolute atomic E-state index is 13.6. The van der Waals surface area contributed by atoms with Crippen LogP contribution in [0.4, 0.5) is 4.39 Å². The highest BCUT2D eigenvalue weighted by atomic mass is 32.1. The van der Waals surface area contributed by atoms with E-state index in [1.54, 1.807) is 29.5 Å². The van der Waals surface area contributed by atoms with E-state index in [4.69, 9.17) is 0 Å². The number of thiophene rings is 1. The van der Waals surface area contributed by atoms with Crippen molar-refractivity contribution >= 4 is 17.1 Å². The number of carbonyl (C=O) groups is 1. The minimum absolute atomic E-state index is 0.107. The van der Waals surface area contributed by atoms with Crippen LogP contribution in [0.15, 0.2) is 41.1 Å². The molecular weight excluding hydrogens is 285 g/mol. The topological polar surface area (TPSA) is 20.3 Å². The molecule has 110 valence electrons. The van der Waals surface area contributed by atoms with E-state index in [-0.39, 0.29) is 11.3 Å². The summed E-state index contributed by atoms with van der Waals surface area (Å²) in [5.41, 5.74) is 1.51. The molecule has 2 aromatic rings. The van der Waals surface area contributed by atoms with Gasteiger partial charge in [0.2, 0.25) is 0 Å². The van der Waals surface area contributed by atoms with Gasteiger partial charge in [0.1, 0.15) is 5.82 Å². The first-order chi connectivity index (χ1) is 10.2. The van der Waals surface area contributed by atoms with Crippen LogP contribution in [-0.4, -0.2) is 23.3 Å². The van der Waals surface area contributed by atoms with Gasteiger partial charge in [0.05, 0.1) is 5.56 Å². The van der Waals surface area contributed by atoms with Gasteiger partial charge in [0.15, 0.2) is 5.78 Å². The zero-order chi connectivity index (χ0) is 14.7. The molecule has 0 saturated heterocycles. The lowest BCUT2D eigenvalue weighted by Crippen LogP contribution is -2.28. The second-order valence-corrected chi connectivity index (χ2v) is 6.27. The van der Waals surface area contributed by atoms with Crippen LogP contribution in [0.25, 0.3) is 0 Å². The smallest absolute Gasteiger partial charge is 0.167 e. The summed E-state index contributed by atoms with van der Waals surface area (Å²) in [5.74, 6) is -0.526. The van der Waals surface area contributed by atoms with Crippen molar-refractivity contribution in [3.63, 3.8) is 0 Å². The molecule has 21 heavy (non-hydrogen) atoms. The third kappa shape index (κ3) is 3.77. The molecule has 0 amide bonds. The van der Waals surface area contributed by atoms with Gasteiger partial charge in [-0.1, -0.05) is 12.1 Å². The lowest BCUT2D eigenvalue weighted by Gasteiger charge is -2.21. The Morgan fingerprint density at radius 1 is 1.29 bits per heavy atom. The number of Topliss-reactive ketones (excluding diaryl/α,β-unsaturated/α-hetero) is 1. The van der Waals surface area contributed by atoms with Crippen molar-refractivity contribution in [1.82, 2.24) is 4.90 Å². The fraction of sp³-hybridized carbons (Fsp3) is 0.353. The Kier molecular flexibility index (Phi) is 4.46. The maximum Gasteiger partial charge on any atom is 0.167 e. The average molecular weight is 303 g/mol. The van der Waals surface area contributed by atoms with Crippen molar-refractivity contribution in [2.24, 2.45) is 0 Å². The molecule has 1 aromatic carbocycles. The molecule has 0 atom stereocenters. The molecular formula is C17H18FNOS. The molecule has 3 rings (SSSR count). The lowest BCUT2D eigenvalue weighted by atomic mass is 10.1. The van der Waals surface area contributed by atoms with Crippen molar-refractivity contribution in [3.05, 3.63) is 58.0 Å². The van der Waals surface area contributed by atoms with Gasteiger partial charge in [-0.3, -0.25) is 9.69 Å². The Bertz CT molecular complexity index is 607. The van der Waals surface area contributed by atoms with E-state index in [9.17, 15) is 9.18 Å². The third-order valence-corrected chi connectivity index (χ3v) is 4.56. The highest BCUT2D eigenvalue weighted by Crippen LogP contribution is 2.29. The van der Waals surface area contributed by atoms with Crippen LogP contribution in [0.5, 0.6) is 0 Å². The van der Waals surface area contributed by atoms with Crippen LogP contribution in [0.2, 0.25) is 0 Å². The summed E-state index contributed by atoms with van der Waals surface area (Å²) in [4.78, 5) is 14.5. The summed E-state index contributed by atoms with van der Waals surface area (Å²) in [6, 6.07) is 8.95. The number of hydrogen-bond acceptors (Lipinski definition) is 3. The van der Waals surface area contributed by atoms with E-state index in [1.165, 1.54) is 24.5 Å². The first-order valence-corrected chi connectivity index (χ1v) is 8.21. The van der Waals surface area contributed by atoms with Gasteiger partial charge in [0.25, 0.3) is 0 Å². The predicted molar refractivity (Wildman–Crippen MR) is 83.1 cm³/mol. The van der Waals surface area contributed by atoms with Crippen molar-refractivity contribution < 1.29 is 9.18 Å². The lowest BCUT2D eigenvalue weighted by molar-refractivity contribution is 0.0956. The van der Waals surface area contributed by atoms with Gasteiger partial charge in [-0.2, -0.15) is 11.3 Å². The minimum atomic E-state index is -0.418. The first kappa shape index (κ1) is 14.4. The van der Waals surface area contributed by atoms with Crippen molar-refractivity contribution in [2.45, 2.75) is 31.8 Å². The third-order valence-electron chi connectivity index (χ3n) is 3.83. The van der Waals surface area contributed by atoms with E-state index < -0.39 is 5.82 Å². The predicted octanol–water partition coefficient (Wildman–Crippen LogP) is 4.12. The van der Waals surface area contributed by atoms with Gasteiger partial charge in [-0.25, -0.2) is 4.39 Å². The Hall–Kier alpha value is -1.52. The van der Waals surface area contributed by atoms with Gasteiger partial charge in [0, 0.05) is 25.6 Å². The minimum Gasteiger partial charge on any atom is -0.296 e. The van der Waals surface area contributed by atoms with Crippen LogP contribution in [-0.2, 0) is 6.54 Å². The maximum atomic E-state index is 13.6. The average Bonchev–Trinajstić information content (AvgIpc) is 3.21. The molecule has 1 aromatic heterocycles. The van der Waals surface area contributed by atoms with E-state index >= 15 is 0 Å².